The van der Waals surface area contributed by atoms with E-state index in [1.807, 2.05) is 27.7 Å². The van der Waals surface area contributed by atoms with Gasteiger partial charge in [-0.15, -0.1) is 10.2 Å². The van der Waals surface area contributed by atoms with Crippen LogP contribution >= 0.6 is 23.2 Å². The molecule has 1 atom stereocenters. The van der Waals surface area contributed by atoms with Crippen LogP contribution in [0.3, 0.4) is 0 Å². The lowest BCUT2D eigenvalue weighted by atomic mass is 9.67. The van der Waals surface area contributed by atoms with E-state index in [1.54, 1.807) is 11.1 Å². The van der Waals surface area contributed by atoms with Gasteiger partial charge >= 0.3 is 0 Å². The average Bonchev–Trinajstić information content (AvgIpc) is 3.54. The third kappa shape index (κ3) is 8.35. The Kier molecular flexibility index (Phi) is 11.1. The maximum atomic E-state index is 14.4. The lowest BCUT2D eigenvalue weighted by molar-refractivity contribution is 0.0584. The van der Waals surface area contributed by atoms with Crippen molar-refractivity contribution >= 4 is 40.7 Å². The van der Waals surface area contributed by atoms with Gasteiger partial charge < -0.3 is 24.8 Å². The minimum absolute atomic E-state index is 0.0575. The molecular formula is C35H46Cl2FN9O2. The monoisotopic (exact) mass is 713 g/mol. The lowest BCUT2D eigenvalue weighted by Crippen LogP contribution is -2.45. The van der Waals surface area contributed by atoms with Gasteiger partial charge in [0.2, 0.25) is 5.28 Å². The van der Waals surface area contributed by atoms with E-state index < -0.39 is 5.82 Å². The van der Waals surface area contributed by atoms with E-state index in [2.05, 4.69) is 40.3 Å². The first-order valence-corrected chi connectivity index (χ1v) is 18.2. The van der Waals surface area contributed by atoms with Gasteiger partial charge in [0.15, 0.2) is 22.5 Å². The summed E-state index contributed by atoms with van der Waals surface area (Å²) in [7, 11) is 0. The summed E-state index contributed by atoms with van der Waals surface area (Å²) in [4.78, 5) is 33.2. The van der Waals surface area contributed by atoms with E-state index in [-0.39, 0.29) is 39.7 Å². The number of nitrogens with zero attached hydrogens (tertiary/aromatic N) is 8. The maximum Gasteiger partial charge on any atom is 0.258 e. The van der Waals surface area contributed by atoms with Gasteiger partial charge in [-0.2, -0.15) is 4.98 Å². The van der Waals surface area contributed by atoms with Crippen LogP contribution in [0, 0.1) is 17.2 Å². The predicted molar refractivity (Wildman–Crippen MR) is 189 cm³/mol. The molecule has 6 rings (SSSR count). The minimum atomic E-state index is -0.490. The Morgan fingerprint density at radius 3 is 2.49 bits per heavy atom. The summed E-state index contributed by atoms with van der Waals surface area (Å²) < 4.78 is 20.7. The molecule has 0 bridgehead atoms. The van der Waals surface area contributed by atoms with Crippen molar-refractivity contribution in [2.45, 2.75) is 90.8 Å². The number of halogens is 3. The topological polar surface area (TPSA) is 113 Å². The number of rotatable bonds is 10. The summed E-state index contributed by atoms with van der Waals surface area (Å²) in [5, 5.41) is 11.3. The molecule has 2 aromatic heterocycles. The molecule has 14 heteroatoms. The zero-order valence-electron chi connectivity index (χ0n) is 28.7. The molecule has 0 radical (unpaired) electrons. The van der Waals surface area contributed by atoms with Gasteiger partial charge in [-0.25, -0.2) is 14.4 Å². The number of benzene rings is 1. The quantitative estimate of drug-likeness (QED) is 0.233. The fraction of sp³-hybridized carbons (Fsp3) is 0.600. The van der Waals surface area contributed by atoms with E-state index in [9.17, 15) is 9.18 Å². The summed E-state index contributed by atoms with van der Waals surface area (Å²) in [5.41, 5.74) is 0.582. The van der Waals surface area contributed by atoms with E-state index in [0.717, 1.165) is 52.0 Å². The Bertz CT molecular complexity index is 1600. The summed E-state index contributed by atoms with van der Waals surface area (Å²) in [6.07, 6.45) is 11.1. The number of nitrogens with one attached hydrogen (secondary N) is 1. The lowest BCUT2D eigenvalue weighted by Gasteiger charge is -2.46. The Morgan fingerprint density at radius 1 is 1.04 bits per heavy atom. The highest BCUT2D eigenvalue weighted by atomic mass is 35.5. The van der Waals surface area contributed by atoms with Crippen molar-refractivity contribution < 1.29 is 13.9 Å². The van der Waals surface area contributed by atoms with Gasteiger partial charge in [-0.3, -0.25) is 4.79 Å². The Hall–Kier alpha value is -3.35. The number of amides is 1. The molecule has 2 saturated heterocycles. The highest BCUT2D eigenvalue weighted by Crippen LogP contribution is 2.45. The summed E-state index contributed by atoms with van der Waals surface area (Å²) in [5.74, 6) is 1.68. The second-order valence-corrected chi connectivity index (χ2v) is 15.1. The third-order valence-electron chi connectivity index (χ3n) is 10.4. The van der Waals surface area contributed by atoms with E-state index in [0.29, 0.717) is 34.8 Å². The second-order valence-electron chi connectivity index (χ2n) is 14.4. The van der Waals surface area contributed by atoms with Crippen molar-refractivity contribution in [3.05, 3.63) is 52.5 Å². The van der Waals surface area contributed by atoms with E-state index in [4.69, 9.17) is 27.9 Å². The first-order chi connectivity index (χ1) is 23.5. The number of anilines is 2. The molecule has 49 heavy (non-hydrogen) atoms. The smallest absolute Gasteiger partial charge is 0.258 e. The van der Waals surface area contributed by atoms with Crippen molar-refractivity contribution in [1.29, 1.82) is 0 Å². The van der Waals surface area contributed by atoms with Gasteiger partial charge in [0, 0.05) is 37.8 Å². The molecular weight excluding hydrogens is 668 g/mol. The number of carbonyl (C=O) groups excluding carboxylic acids is 1. The molecule has 4 heterocycles. The molecule has 3 fully saturated rings. The van der Waals surface area contributed by atoms with E-state index >= 15 is 0 Å². The fourth-order valence-electron chi connectivity index (χ4n) is 7.90. The Morgan fingerprint density at radius 2 is 1.78 bits per heavy atom. The van der Waals surface area contributed by atoms with Crippen LogP contribution in [0.15, 0.2) is 30.7 Å². The van der Waals surface area contributed by atoms with Crippen LogP contribution in [0.5, 0.6) is 11.5 Å². The van der Waals surface area contributed by atoms with Crippen LogP contribution in [0.4, 0.5) is 16.0 Å². The van der Waals surface area contributed by atoms with Crippen LogP contribution < -0.4 is 15.0 Å². The van der Waals surface area contributed by atoms with Gasteiger partial charge in [-0.05, 0) is 127 Å². The normalized spacial score (nSPS) is 19.9. The first kappa shape index (κ1) is 35.5. The molecule has 1 spiro atoms. The second kappa shape index (κ2) is 15.3. The van der Waals surface area contributed by atoms with E-state index in [1.165, 1.54) is 50.2 Å². The highest BCUT2D eigenvalue weighted by molar-refractivity contribution is 6.32. The SMILES string of the molecule is CC(C)N(C(=O)c1cc(F)ccc1Oc1cncnc1N1CC[C@@H](CN2CCC3(CCC(Nc4nc(Cl)nnc4Cl)CC3)CC2)C1)C(C)C. The van der Waals surface area contributed by atoms with Crippen LogP contribution in [0.2, 0.25) is 10.4 Å². The van der Waals surface area contributed by atoms with Crippen molar-refractivity contribution in [1.82, 2.24) is 34.9 Å². The molecule has 3 aromatic rings. The molecule has 11 nitrogen and oxygen atoms in total. The summed E-state index contributed by atoms with van der Waals surface area (Å²) in [6, 6.07) is 4.26. The van der Waals surface area contributed by atoms with Crippen molar-refractivity contribution in [3.63, 3.8) is 0 Å². The zero-order chi connectivity index (χ0) is 34.7. The predicted octanol–water partition coefficient (Wildman–Crippen LogP) is 7.12. The van der Waals surface area contributed by atoms with Crippen molar-refractivity contribution in [2.24, 2.45) is 11.3 Å². The largest absolute Gasteiger partial charge is 0.451 e. The number of aromatic nitrogens is 5. The molecule has 1 saturated carbocycles. The molecule has 3 aliphatic rings. The fourth-order valence-corrected chi connectivity index (χ4v) is 8.16. The summed E-state index contributed by atoms with van der Waals surface area (Å²) in [6.45, 7) is 12.8. The van der Waals surface area contributed by atoms with Gasteiger partial charge in [-0.1, -0.05) is 11.6 Å². The summed E-state index contributed by atoms with van der Waals surface area (Å²) >= 11 is 12.1. The number of hydrogen-bond donors (Lipinski definition) is 1. The van der Waals surface area contributed by atoms with Crippen LogP contribution in [0.1, 0.15) is 83.0 Å². The van der Waals surface area contributed by atoms with Gasteiger partial charge in [0.1, 0.15) is 17.9 Å². The highest BCUT2D eigenvalue weighted by Gasteiger charge is 2.39. The van der Waals surface area contributed by atoms with Crippen molar-refractivity contribution in [2.75, 3.05) is 42.9 Å². The molecule has 0 unspecified atom stereocenters. The third-order valence-corrected chi connectivity index (χ3v) is 10.8. The Labute approximate surface area is 298 Å². The average molecular weight is 715 g/mol. The minimum Gasteiger partial charge on any atom is -0.451 e. The molecule has 264 valence electrons. The number of hydrogen-bond acceptors (Lipinski definition) is 10. The molecule has 1 N–H and O–H groups in total. The number of ether oxygens (including phenoxy) is 1. The first-order valence-electron chi connectivity index (χ1n) is 17.4. The Balaban J connectivity index is 1.03. The van der Waals surface area contributed by atoms with Crippen LogP contribution in [-0.4, -0.2) is 91.7 Å². The number of likely N-dealkylation sites (tertiary alicyclic amines) is 1. The maximum absolute atomic E-state index is 14.4. The van der Waals surface area contributed by atoms with Gasteiger partial charge in [0.25, 0.3) is 5.91 Å². The zero-order valence-corrected chi connectivity index (χ0v) is 30.2. The molecule has 1 amide bonds. The van der Waals surface area contributed by atoms with Crippen molar-refractivity contribution in [3.8, 4) is 11.5 Å². The van der Waals surface area contributed by atoms with Crippen LogP contribution in [0.25, 0.3) is 0 Å². The van der Waals surface area contributed by atoms with Gasteiger partial charge in [0.05, 0.1) is 11.8 Å². The molecule has 2 aliphatic heterocycles. The molecule has 1 aliphatic carbocycles. The van der Waals surface area contributed by atoms with Crippen LogP contribution in [-0.2, 0) is 0 Å². The number of carbonyl (C=O) groups is 1. The number of piperidine rings is 1. The molecule has 1 aromatic carbocycles. The standard InChI is InChI=1S/C35H46Cl2FN9O2/c1-22(2)47(23(3)4)33(48)27-17-25(38)5-6-28(27)49-29-18-39-21-40-32(29)46-14-9-24(20-46)19-45-15-12-35(13-16-45)10-7-26(8-11-35)41-31-30(36)43-44-34(37)42-31/h5-6,17-18,21-24,26H,7-16,19-20H2,1-4H3,(H,41,42,44)/t24-/m0/s1.